The summed E-state index contributed by atoms with van der Waals surface area (Å²) in [6, 6.07) is 9.15. The van der Waals surface area contributed by atoms with Gasteiger partial charge in [0.15, 0.2) is 11.3 Å². The predicted molar refractivity (Wildman–Crippen MR) is 83.6 cm³/mol. The number of nitrogens with one attached hydrogen (secondary N) is 1. The fourth-order valence-corrected chi connectivity index (χ4v) is 1.87. The van der Waals surface area contributed by atoms with Crippen molar-refractivity contribution < 1.29 is 13.9 Å². The van der Waals surface area contributed by atoms with Crippen molar-refractivity contribution in [2.45, 2.75) is 13.8 Å². The number of carbonyl (C=O) groups excluding carboxylic acids is 1. The van der Waals surface area contributed by atoms with Crippen molar-refractivity contribution in [2.24, 2.45) is 5.10 Å². The van der Waals surface area contributed by atoms with Crippen LogP contribution in [-0.2, 0) is 4.79 Å². The minimum absolute atomic E-state index is 0.0955. The highest BCUT2D eigenvalue weighted by atomic mass is 79.9. The molecule has 0 atom stereocenters. The van der Waals surface area contributed by atoms with E-state index in [0.717, 1.165) is 5.56 Å². The summed E-state index contributed by atoms with van der Waals surface area (Å²) in [5.74, 6) is 0.861. The van der Waals surface area contributed by atoms with Crippen molar-refractivity contribution in [1.82, 2.24) is 5.43 Å². The Labute approximate surface area is 131 Å². The standard InChI is InChI=1S/C15H15BrN2O3/c1-10-3-4-12(7-11(10)2)20-9-15(19)18-17-8-13-5-6-14(16)21-13/h3-8H,9H2,1-2H3,(H,18,19)/b17-8-. The second kappa shape index (κ2) is 7.08. The highest BCUT2D eigenvalue weighted by Crippen LogP contribution is 2.16. The van der Waals surface area contributed by atoms with Crippen LogP contribution in [0.15, 0.2) is 44.5 Å². The number of aryl methyl sites for hydroxylation is 2. The molecular formula is C15H15BrN2O3. The summed E-state index contributed by atoms with van der Waals surface area (Å²) in [6.45, 7) is 3.92. The first kappa shape index (κ1) is 15.3. The number of ether oxygens (including phenoxy) is 1. The SMILES string of the molecule is Cc1ccc(OCC(=O)N/N=C\c2ccc(Br)o2)cc1C. The molecule has 0 radical (unpaired) electrons. The lowest BCUT2D eigenvalue weighted by atomic mass is 10.1. The first-order chi connectivity index (χ1) is 10.0. The molecule has 5 nitrogen and oxygen atoms in total. The van der Waals surface area contributed by atoms with Crippen LogP contribution >= 0.6 is 15.9 Å². The molecule has 2 aromatic rings. The van der Waals surface area contributed by atoms with Gasteiger partial charge in [-0.2, -0.15) is 5.10 Å². The molecule has 6 heteroatoms. The molecule has 1 N–H and O–H groups in total. The lowest BCUT2D eigenvalue weighted by Gasteiger charge is -2.07. The van der Waals surface area contributed by atoms with Crippen LogP contribution in [0.4, 0.5) is 0 Å². The molecule has 1 aromatic heterocycles. The third-order valence-electron chi connectivity index (χ3n) is 2.82. The van der Waals surface area contributed by atoms with Gasteiger partial charge in [-0.25, -0.2) is 5.43 Å². The molecule has 0 spiro atoms. The summed E-state index contributed by atoms with van der Waals surface area (Å²) in [4.78, 5) is 11.6. The first-order valence-corrected chi connectivity index (χ1v) is 7.11. The molecule has 0 unspecified atom stereocenters. The third-order valence-corrected chi connectivity index (χ3v) is 3.25. The molecule has 0 bridgehead atoms. The Bertz CT molecular complexity index is 665. The number of nitrogens with zero attached hydrogens (tertiary/aromatic N) is 1. The van der Waals surface area contributed by atoms with Gasteiger partial charge in [0.25, 0.3) is 5.91 Å². The Hall–Kier alpha value is -2.08. The van der Waals surface area contributed by atoms with Gasteiger partial charge in [0.1, 0.15) is 11.5 Å². The third kappa shape index (κ3) is 4.75. The quantitative estimate of drug-likeness (QED) is 0.665. The Morgan fingerprint density at radius 2 is 2.14 bits per heavy atom. The van der Waals surface area contributed by atoms with E-state index in [1.54, 1.807) is 12.1 Å². The summed E-state index contributed by atoms with van der Waals surface area (Å²) in [5, 5.41) is 3.78. The average Bonchev–Trinajstić information content (AvgIpc) is 2.86. The van der Waals surface area contributed by atoms with Gasteiger partial charge in [-0.1, -0.05) is 6.07 Å². The summed E-state index contributed by atoms with van der Waals surface area (Å²) in [6.07, 6.45) is 1.42. The van der Waals surface area contributed by atoms with E-state index in [1.165, 1.54) is 11.8 Å². The topological polar surface area (TPSA) is 63.8 Å². The van der Waals surface area contributed by atoms with Crippen LogP contribution in [-0.4, -0.2) is 18.7 Å². The Morgan fingerprint density at radius 3 is 2.81 bits per heavy atom. The molecule has 0 saturated carbocycles. The maximum absolute atomic E-state index is 11.6. The molecule has 110 valence electrons. The summed E-state index contributed by atoms with van der Waals surface area (Å²) >= 11 is 3.18. The monoisotopic (exact) mass is 350 g/mol. The van der Waals surface area contributed by atoms with Crippen LogP contribution in [0.2, 0.25) is 0 Å². The van der Waals surface area contributed by atoms with E-state index < -0.39 is 0 Å². The van der Waals surface area contributed by atoms with E-state index >= 15 is 0 Å². The molecule has 0 fully saturated rings. The van der Waals surface area contributed by atoms with Gasteiger partial charge in [0, 0.05) is 0 Å². The van der Waals surface area contributed by atoms with Crippen molar-refractivity contribution in [3.8, 4) is 5.75 Å². The fraction of sp³-hybridized carbons (Fsp3) is 0.200. The van der Waals surface area contributed by atoms with Crippen LogP contribution in [0.25, 0.3) is 0 Å². The molecule has 0 aliphatic heterocycles. The minimum atomic E-state index is -0.338. The molecule has 0 saturated heterocycles. The van der Waals surface area contributed by atoms with Crippen molar-refractivity contribution in [1.29, 1.82) is 0 Å². The number of benzene rings is 1. The largest absolute Gasteiger partial charge is 0.484 e. The zero-order chi connectivity index (χ0) is 15.2. The Balaban J connectivity index is 1.79. The lowest BCUT2D eigenvalue weighted by Crippen LogP contribution is -2.24. The van der Waals surface area contributed by atoms with E-state index in [2.05, 4.69) is 26.5 Å². The number of furan rings is 1. The molecule has 1 heterocycles. The summed E-state index contributed by atoms with van der Waals surface area (Å²) < 4.78 is 11.2. The molecular weight excluding hydrogens is 336 g/mol. The maximum Gasteiger partial charge on any atom is 0.277 e. The first-order valence-electron chi connectivity index (χ1n) is 6.32. The second-order valence-corrected chi connectivity index (χ2v) is 5.25. The van der Waals surface area contributed by atoms with Crippen molar-refractivity contribution in [2.75, 3.05) is 6.61 Å². The summed E-state index contributed by atoms with van der Waals surface area (Å²) in [7, 11) is 0. The van der Waals surface area contributed by atoms with E-state index in [4.69, 9.17) is 9.15 Å². The number of hydrogen-bond donors (Lipinski definition) is 1. The Kier molecular flexibility index (Phi) is 5.16. The number of hydrazone groups is 1. The van der Waals surface area contributed by atoms with Crippen molar-refractivity contribution in [3.05, 3.63) is 51.9 Å². The predicted octanol–water partition coefficient (Wildman–Crippen LogP) is 3.19. The second-order valence-electron chi connectivity index (χ2n) is 4.47. The number of hydrogen-bond acceptors (Lipinski definition) is 4. The van der Waals surface area contributed by atoms with Crippen LogP contribution < -0.4 is 10.2 Å². The number of carbonyl (C=O) groups is 1. The van der Waals surface area contributed by atoms with Gasteiger partial charge in [-0.3, -0.25) is 4.79 Å². The number of rotatable bonds is 5. The van der Waals surface area contributed by atoms with Crippen LogP contribution in [0, 0.1) is 13.8 Å². The normalized spacial score (nSPS) is 10.8. The van der Waals surface area contributed by atoms with Crippen molar-refractivity contribution in [3.63, 3.8) is 0 Å². The summed E-state index contributed by atoms with van der Waals surface area (Å²) in [5.41, 5.74) is 4.67. The highest BCUT2D eigenvalue weighted by molar-refractivity contribution is 9.10. The number of amides is 1. The van der Waals surface area contributed by atoms with E-state index in [0.29, 0.717) is 16.2 Å². The van der Waals surface area contributed by atoms with Crippen molar-refractivity contribution >= 4 is 28.1 Å². The molecule has 1 amide bonds. The smallest absolute Gasteiger partial charge is 0.277 e. The fourth-order valence-electron chi connectivity index (χ4n) is 1.55. The zero-order valence-electron chi connectivity index (χ0n) is 11.7. The molecule has 0 aliphatic rings. The van der Waals surface area contributed by atoms with Gasteiger partial charge in [-0.15, -0.1) is 0 Å². The molecule has 21 heavy (non-hydrogen) atoms. The minimum Gasteiger partial charge on any atom is -0.484 e. The van der Waals surface area contributed by atoms with E-state index in [1.807, 2.05) is 32.0 Å². The Morgan fingerprint density at radius 1 is 1.33 bits per heavy atom. The van der Waals surface area contributed by atoms with Gasteiger partial charge >= 0.3 is 0 Å². The van der Waals surface area contributed by atoms with E-state index in [9.17, 15) is 4.79 Å². The van der Waals surface area contributed by atoms with Crippen LogP contribution in [0.5, 0.6) is 5.75 Å². The molecule has 1 aromatic carbocycles. The van der Waals surface area contributed by atoms with E-state index in [-0.39, 0.29) is 12.5 Å². The van der Waals surface area contributed by atoms with Gasteiger partial charge in [-0.05, 0) is 65.2 Å². The zero-order valence-corrected chi connectivity index (χ0v) is 13.3. The van der Waals surface area contributed by atoms with Crippen LogP contribution in [0.3, 0.4) is 0 Å². The number of halogens is 1. The van der Waals surface area contributed by atoms with Gasteiger partial charge in [0.2, 0.25) is 0 Å². The maximum atomic E-state index is 11.6. The average molecular weight is 351 g/mol. The van der Waals surface area contributed by atoms with Crippen LogP contribution in [0.1, 0.15) is 16.9 Å². The molecule has 2 rings (SSSR count). The van der Waals surface area contributed by atoms with Gasteiger partial charge in [0.05, 0.1) is 6.21 Å². The highest BCUT2D eigenvalue weighted by Gasteiger charge is 2.03. The molecule has 0 aliphatic carbocycles. The lowest BCUT2D eigenvalue weighted by molar-refractivity contribution is -0.123. The van der Waals surface area contributed by atoms with Gasteiger partial charge < -0.3 is 9.15 Å².